The topological polar surface area (TPSA) is 37.2 Å². The van der Waals surface area contributed by atoms with Crippen molar-refractivity contribution in [3.8, 4) is 0 Å². The standard InChI is InChI=1S/C11H18N2O/c1-7-4-11(9(3)14-7)8(2)13-10-5-12-6-10/h4,8,10,12-13H,5-6H2,1-3H3. The minimum absolute atomic E-state index is 0.388. The number of hydrogen-bond acceptors (Lipinski definition) is 3. The molecule has 78 valence electrons. The predicted octanol–water partition coefficient (Wildman–Crippen LogP) is 1.52. The number of nitrogens with one attached hydrogen (secondary N) is 2. The van der Waals surface area contributed by atoms with Gasteiger partial charge in [0.05, 0.1) is 0 Å². The van der Waals surface area contributed by atoms with Crippen LogP contribution in [0.15, 0.2) is 10.5 Å². The Labute approximate surface area is 84.9 Å². The third-order valence-electron chi connectivity index (χ3n) is 2.81. The summed E-state index contributed by atoms with van der Waals surface area (Å²) < 4.78 is 5.51. The maximum absolute atomic E-state index is 5.51. The lowest BCUT2D eigenvalue weighted by Crippen LogP contribution is -2.55. The minimum atomic E-state index is 0.388. The first-order valence-electron chi connectivity index (χ1n) is 5.20. The fourth-order valence-electron chi connectivity index (χ4n) is 1.93. The van der Waals surface area contributed by atoms with Gasteiger partial charge >= 0.3 is 0 Å². The summed E-state index contributed by atoms with van der Waals surface area (Å²) in [6.45, 7) is 8.38. The molecule has 3 heteroatoms. The maximum atomic E-state index is 5.51. The molecule has 0 radical (unpaired) electrons. The van der Waals surface area contributed by atoms with E-state index in [1.54, 1.807) is 0 Å². The van der Waals surface area contributed by atoms with Crippen LogP contribution >= 0.6 is 0 Å². The van der Waals surface area contributed by atoms with Gasteiger partial charge in [-0.2, -0.15) is 0 Å². The van der Waals surface area contributed by atoms with Crippen LogP contribution in [0.3, 0.4) is 0 Å². The van der Waals surface area contributed by atoms with E-state index in [1.807, 2.05) is 13.8 Å². The number of aryl methyl sites for hydroxylation is 2. The lowest BCUT2D eigenvalue weighted by molar-refractivity contribution is 0.336. The average Bonchev–Trinajstić information content (AvgIpc) is 2.37. The molecule has 2 rings (SSSR count). The van der Waals surface area contributed by atoms with Gasteiger partial charge in [-0.25, -0.2) is 0 Å². The van der Waals surface area contributed by atoms with Gasteiger partial charge in [0.15, 0.2) is 0 Å². The average molecular weight is 194 g/mol. The lowest BCUT2D eigenvalue weighted by Gasteiger charge is -2.31. The van der Waals surface area contributed by atoms with Crippen molar-refractivity contribution < 1.29 is 4.42 Å². The van der Waals surface area contributed by atoms with Gasteiger partial charge in [0.2, 0.25) is 0 Å². The highest BCUT2D eigenvalue weighted by Crippen LogP contribution is 2.21. The van der Waals surface area contributed by atoms with Crippen LogP contribution in [-0.2, 0) is 0 Å². The van der Waals surface area contributed by atoms with Gasteiger partial charge in [-0.15, -0.1) is 0 Å². The Morgan fingerprint density at radius 2 is 2.21 bits per heavy atom. The van der Waals surface area contributed by atoms with E-state index in [1.165, 1.54) is 5.56 Å². The van der Waals surface area contributed by atoms with Crippen molar-refractivity contribution in [3.05, 3.63) is 23.2 Å². The van der Waals surface area contributed by atoms with Crippen molar-refractivity contribution >= 4 is 0 Å². The Hall–Kier alpha value is -0.800. The molecule has 1 atom stereocenters. The quantitative estimate of drug-likeness (QED) is 0.766. The fourth-order valence-corrected chi connectivity index (χ4v) is 1.93. The van der Waals surface area contributed by atoms with Crippen molar-refractivity contribution in [1.29, 1.82) is 0 Å². The molecule has 1 aromatic heterocycles. The second kappa shape index (κ2) is 3.75. The van der Waals surface area contributed by atoms with E-state index < -0.39 is 0 Å². The Balaban J connectivity index is 2.02. The Morgan fingerprint density at radius 1 is 1.50 bits per heavy atom. The van der Waals surface area contributed by atoms with Crippen LogP contribution in [0.2, 0.25) is 0 Å². The van der Waals surface area contributed by atoms with Crippen molar-refractivity contribution in [1.82, 2.24) is 10.6 Å². The van der Waals surface area contributed by atoms with E-state index in [2.05, 4.69) is 23.6 Å². The third kappa shape index (κ3) is 1.83. The summed E-state index contributed by atoms with van der Waals surface area (Å²) in [7, 11) is 0. The highest BCUT2D eigenvalue weighted by Gasteiger charge is 2.20. The molecule has 0 bridgehead atoms. The summed E-state index contributed by atoms with van der Waals surface area (Å²) in [6, 6.07) is 3.14. The Morgan fingerprint density at radius 3 is 2.64 bits per heavy atom. The van der Waals surface area contributed by atoms with Crippen molar-refractivity contribution in [2.75, 3.05) is 13.1 Å². The zero-order chi connectivity index (χ0) is 10.1. The molecule has 0 amide bonds. The largest absolute Gasteiger partial charge is 0.466 e. The van der Waals surface area contributed by atoms with Crippen LogP contribution in [0.25, 0.3) is 0 Å². The predicted molar refractivity (Wildman–Crippen MR) is 56.4 cm³/mol. The van der Waals surface area contributed by atoms with Crippen LogP contribution in [-0.4, -0.2) is 19.1 Å². The van der Waals surface area contributed by atoms with Crippen LogP contribution in [0.1, 0.15) is 30.0 Å². The zero-order valence-corrected chi connectivity index (χ0v) is 9.05. The second-order valence-corrected chi connectivity index (χ2v) is 4.11. The second-order valence-electron chi connectivity index (χ2n) is 4.11. The van der Waals surface area contributed by atoms with Gasteiger partial charge < -0.3 is 15.1 Å². The highest BCUT2D eigenvalue weighted by atomic mass is 16.3. The van der Waals surface area contributed by atoms with Crippen molar-refractivity contribution in [2.45, 2.75) is 32.9 Å². The molecule has 1 aliphatic rings. The summed E-state index contributed by atoms with van der Waals surface area (Å²) >= 11 is 0. The number of hydrogen-bond donors (Lipinski definition) is 2. The van der Waals surface area contributed by atoms with Gasteiger partial charge in [-0.05, 0) is 26.8 Å². The first-order valence-corrected chi connectivity index (χ1v) is 5.20. The first-order chi connectivity index (χ1) is 6.66. The van der Waals surface area contributed by atoms with E-state index in [9.17, 15) is 0 Å². The van der Waals surface area contributed by atoms with E-state index >= 15 is 0 Å². The van der Waals surface area contributed by atoms with Gasteiger partial charge in [0.1, 0.15) is 11.5 Å². The molecule has 2 heterocycles. The Bertz CT molecular complexity index is 315. The maximum Gasteiger partial charge on any atom is 0.105 e. The third-order valence-corrected chi connectivity index (χ3v) is 2.81. The molecule has 0 aromatic carbocycles. The summed E-state index contributed by atoms with van der Waals surface area (Å²) in [5, 5.41) is 6.82. The van der Waals surface area contributed by atoms with Crippen molar-refractivity contribution in [3.63, 3.8) is 0 Å². The first kappa shape index (κ1) is 9.74. The zero-order valence-electron chi connectivity index (χ0n) is 9.05. The molecule has 0 aliphatic carbocycles. The van der Waals surface area contributed by atoms with E-state index in [4.69, 9.17) is 4.42 Å². The van der Waals surface area contributed by atoms with Crippen molar-refractivity contribution in [2.24, 2.45) is 0 Å². The molecular formula is C11H18N2O. The number of rotatable bonds is 3. The minimum Gasteiger partial charge on any atom is -0.466 e. The SMILES string of the molecule is Cc1cc(C(C)NC2CNC2)c(C)o1. The van der Waals surface area contributed by atoms with E-state index in [0.29, 0.717) is 12.1 Å². The lowest BCUT2D eigenvalue weighted by atomic mass is 10.1. The molecule has 3 nitrogen and oxygen atoms in total. The molecule has 1 fully saturated rings. The van der Waals surface area contributed by atoms with E-state index in [-0.39, 0.29) is 0 Å². The molecule has 0 saturated carbocycles. The molecule has 1 saturated heterocycles. The van der Waals surface area contributed by atoms with E-state index in [0.717, 1.165) is 24.6 Å². The molecule has 1 unspecified atom stereocenters. The van der Waals surface area contributed by atoms with Gasteiger partial charge in [-0.3, -0.25) is 0 Å². The monoisotopic (exact) mass is 194 g/mol. The smallest absolute Gasteiger partial charge is 0.105 e. The van der Waals surface area contributed by atoms with Crippen LogP contribution < -0.4 is 10.6 Å². The normalized spacial score (nSPS) is 19.4. The Kier molecular flexibility index (Phi) is 2.61. The summed E-state index contributed by atoms with van der Waals surface area (Å²) in [5.74, 6) is 2.03. The van der Waals surface area contributed by atoms with Gasteiger partial charge in [-0.1, -0.05) is 0 Å². The van der Waals surface area contributed by atoms with Gasteiger partial charge in [0, 0.05) is 30.7 Å². The molecule has 2 N–H and O–H groups in total. The number of furan rings is 1. The fraction of sp³-hybridized carbons (Fsp3) is 0.636. The summed E-state index contributed by atoms with van der Waals surface area (Å²) in [5.41, 5.74) is 1.29. The van der Waals surface area contributed by atoms with Crippen LogP contribution in [0.4, 0.5) is 0 Å². The molecule has 14 heavy (non-hydrogen) atoms. The highest BCUT2D eigenvalue weighted by molar-refractivity contribution is 5.23. The summed E-state index contributed by atoms with van der Waals surface area (Å²) in [6.07, 6.45) is 0. The molecule has 1 aromatic rings. The summed E-state index contributed by atoms with van der Waals surface area (Å²) in [4.78, 5) is 0. The van der Waals surface area contributed by atoms with Gasteiger partial charge in [0.25, 0.3) is 0 Å². The molecule has 1 aliphatic heterocycles. The molecular weight excluding hydrogens is 176 g/mol. The van der Waals surface area contributed by atoms with Crippen LogP contribution in [0.5, 0.6) is 0 Å². The van der Waals surface area contributed by atoms with Crippen LogP contribution in [0, 0.1) is 13.8 Å². The molecule has 0 spiro atoms.